The van der Waals surface area contributed by atoms with Gasteiger partial charge in [-0.25, -0.2) is 12.8 Å². The largest absolute Gasteiger partial charge is 0.264 e. The van der Waals surface area contributed by atoms with Crippen LogP contribution in [0.3, 0.4) is 0 Å². The van der Waals surface area contributed by atoms with Crippen molar-refractivity contribution in [2.24, 2.45) is 0 Å². The Kier molecular flexibility index (Phi) is 5.19. The van der Waals surface area contributed by atoms with Gasteiger partial charge in [-0.3, -0.25) is 9.97 Å². The Balaban J connectivity index is 1.92. The van der Waals surface area contributed by atoms with Crippen LogP contribution in [0.15, 0.2) is 73.3 Å². The summed E-state index contributed by atoms with van der Waals surface area (Å²) in [7, 11) is -3.41. The van der Waals surface area contributed by atoms with Crippen LogP contribution in [0.4, 0.5) is 4.39 Å². The maximum absolute atomic E-state index is 13.6. The zero-order chi connectivity index (χ0) is 19.6. The standard InChI is InChI=1S/C21H20FN3O2S/c22-19-8-6-16(7-9-19)21(25-12-3-13-28(25,26)27)20(17-4-1-10-23-14-17)18-5-2-11-24-15-18/h1-2,4-11,14-15,20-21H,3,12-13H2. The Morgan fingerprint density at radius 1 is 0.893 bits per heavy atom. The SMILES string of the molecule is O=S1(=O)CCCN1C(c1ccc(F)cc1)C(c1cccnc1)c1cccnc1. The Bertz CT molecular complexity index is 989. The molecule has 1 unspecified atom stereocenters. The zero-order valence-corrected chi connectivity index (χ0v) is 16.0. The lowest BCUT2D eigenvalue weighted by atomic mass is 9.83. The van der Waals surface area contributed by atoms with Gasteiger partial charge in [0.15, 0.2) is 0 Å². The lowest BCUT2D eigenvalue weighted by Crippen LogP contribution is -2.35. The third kappa shape index (κ3) is 3.68. The Morgan fingerprint density at radius 2 is 1.50 bits per heavy atom. The van der Waals surface area contributed by atoms with E-state index in [0.29, 0.717) is 13.0 Å². The zero-order valence-electron chi connectivity index (χ0n) is 15.1. The van der Waals surface area contributed by atoms with Gasteiger partial charge in [-0.1, -0.05) is 24.3 Å². The van der Waals surface area contributed by atoms with Gasteiger partial charge in [0.25, 0.3) is 0 Å². The minimum Gasteiger partial charge on any atom is -0.264 e. The van der Waals surface area contributed by atoms with Gasteiger partial charge in [-0.05, 0) is 47.4 Å². The van der Waals surface area contributed by atoms with Gasteiger partial charge < -0.3 is 0 Å². The fraction of sp³-hybridized carbons (Fsp3) is 0.238. The number of pyridine rings is 2. The highest BCUT2D eigenvalue weighted by Gasteiger charge is 2.40. The third-order valence-corrected chi connectivity index (χ3v) is 6.99. The summed E-state index contributed by atoms with van der Waals surface area (Å²) in [4.78, 5) is 8.47. The highest BCUT2D eigenvalue weighted by Crippen LogP contribution is 2.43. The molecule has 7 heteroatoms. The van der Waals surface area contributed by atoms with Gasteiger partial charge in [0.1, 0.15) is 5.82 Å². The van der Waals surface area contributed by atoms with E-state index < -0.39 is 16.1 Å². The molecule has 0 spiro atoms. The van der Waals surface area contributed by atoms with E-state index in [9.17, 15) is 12.8 Å². The van der Waals surface area contributed by atoms with E-state index in [1.807, 2.05) is 24.3 Å². The molecule has 0 bridgehead atoms. The molecule has 0 radical (unpaired) electrons. The molecule has 1 aromatic carbocycles. The van der Waals surface area contributed by atoms with Crippen LogP contribution in [0.5, 0.6) is 0 Å². The predicted octanol–water partition coefficient (Wildman–Crippen LogP) is 3.52. The van der Waals surface area contributed by atoms with Crippen LogP contribution in [0.25, 0.3) is 0 Å². The molecule has 0 aliphatic carbocycles. The Morgan fingerprint density at radius 3 is 1.96 bits per heavy atom. The minimum absolute atomic E-state index is 0.123. The van der Waals surface area contributed by atoms with Crippen molar-refractivity contribution in [3.8, 4) is 0 Å². The van der Waals surface area contributed by atoms with Crippen LogP contribution in [0.2, 0.25) is 0 Å². The van der Waals surface area contributed by atoms with Gasteiger partial charge in [-0.15, -0.1) is 0 Å². The van der Waals surface area contributed by atoms with Gasteiger partial charge in [-0.2, -0.15) is 4.31 Å². The van der Waals surface area contributed by atoms with Crippen LogP contribution < -0.4 is 0 Å². The molecule has 1 aliphatic heterocycles. The Labute approximate surface area is 163 Å². The van der Waals surface area contributed by atoms with Crippen LogP contribution >= 0.6 is 0 Å². The lowest BCUT2D eigenvalue weighted by molar-refractivity contribution is 0.320. The number of aromatic nitrogens is 2. The maximum atomic E-state index is 13.6. The minimum atomic E-state index is -3.41. The van der Waals surface area contributed by atoms with E-state index in [1.54, 1.807) is 41.2 Å². The monoisotopic (exact) mass is 397 g/mol. The summed E-state index contributed by atoms with van der Waals surface area (Å²) < 4.78 is 40.8. The second-order valence-corrected chi connectivity index (χ2v) is 8.87. The van der Waals surface area contributed by atoms with Crippen molar-refractivity contribution in [1.29, 1.82) is 0 Å². The van der Waals surface area contributed by atoms with Gasteiger partial charge in [0, 0.05) is 37.3 Å². The van der Waals surface area contributed by atoms with Gasteiger partial charge in [0.05, 0.1) is 11.8 Å². The topological polar surface area (TPSA) is 63.2 Å². The number of hydrogen-bond donors (Lipinski definition) is 0. The molecular weight excluding hydrogens is 377 g/mol. The molecule has 3 aromatic rings. The fourth-order valence-electron chi connectivity index (χ4n) is 3.83. The lowest BCUT2D eigenvalue weighted by Gasteiger charge is -2.34. The highest BCUT2D eigenvalue weighted by atomic mass is 32.2. The van der Waals surface area contributed by atoms with E-state index in [4.69, 9.17) is 0 Å². The van der Waals surface area contributed by atoms with Gasteiger partial charge in [0.2, 0.25) is 10.0 Å². The Hall–Kier alpha value is -2.64. The summed E-state index contributed by atoms with van der Waals surface area (Å²) in [5, 5.41) is 0. The van der Waals surface area contributed by atoms with Crippen LogP contribution in [0.1, 0.15) is 35.1 Å². The molecule has 28 heavy (non-hydrogen) atoms. The molecule has 3 heterocycles. The molecule has 2 aromatic heterocycles. The molecule has 5 nitrogen and oxygen atoms in total. The van der Waals surface area contributed by atoms with Crippen molar-refractivity contribution < 1.29 is 12.8 Å². The molecule has 1 saturated heterocycles. The van der Waals surface area contributed by atoms with Crippen molar-refractivity contribution in [3.05, 3.63) is 95.8 Å². The summed E-state index contributed by atoms with van der Waals surface area (Å²) in [6.45, 7) is 0.432. The number of rotatable bonds is 5. The highest BCUT2D eigenvalue weighted by molar-refractivity contribution is 7.89. The number of sulfonamides is 1. The summed E-state index contributed by atoms with van der Waals surface area (Å²) in [6, 6.07) is 13.1. The number of halogens is 1. The second-order valence-electron chi connectivity index (χ2n) is 6.83. The first kappa shape index (κ1) is 18.7. The maximum Gasteiger partial charge on any atom is 0.214 e. The quantitative estimate of drug-likeness (QED) is 0.661. The molecule has 0 N–H and O–H groups in total. The number of hydrogen-bond acceptors (Lipinski definition) is 4. The molecule has 1 atom stereocenters. The summed E-state index contributed by atoms with van der Waals surface area (Å²) >= 11 is 0. The molecule has 0 amide bonds. The predicted molar refractivity (Wildman–Crippen MR) is 105 cm³/mol. The molecule has 144 valence electrons. The van der Waals surface area contributed by atoms with E-state index >= 15 is 0 Å². The van der Waals surface area contributed by atoms with Crippen molar-refractivity contribution in [2.75, 3.05) is 12.3 Å². The molecule has 1 fully saturated rings. The normalized spacial score (nSPS) is 17.6. The first-order valence-electron chi connectivity index (χ1n) is 9.11. The molecule has 0 saturated carbocycles. The van der Waals surface area contributed by atoms with Crippen LogP contribution in [-0.2, 0) is 10.0 Å². The number of benzene rings is 1. The van der Waals surface area contributed by atoms with E-state index in [-0.39, 0.29) is 17.5 Å². The van der Waals surface area contributed by atoms with Crippen molar-refractivity contribution >= 4 is 10.0 Å². The summed E-state index contributed by atoms with van der Waals surface area (Å²) in [6.07, 6.45) is 7.44. The third-order valence-electron chi connectivity index (χ3n) is 5.06. The van der Waals surface area contributed by atoms with Crippen LogP contribution in [0, 0.1) is 5.82 Å². The fourth-order valence-corrected chi connectivity index (χ4v) is 5.56. The summed E-state index contributed by atoms with van der Waals surface area (Å²) in [5.41, 5.74) is 2.50. The smallest absolute Gasteiger partial charge is 0.214 e. The molecule has 1 aliphatic rings. The van der Waals surface area contributed by atoms with Gasteiger partial charge >= 0.3 is 0 Å². The van der Waals surface area contributed by atoms with Crippen LogP contribution in [-0.4, -0.2) is 35.0 Å². The molecule has 4 rings (SSSR count). The first-order chi connectivity index (χ1) is 13.6. The van der Waals surface area contributed by atoms with Crippen molar-refractivity contribution in [2.45, 2.75) is 18.4 Å². The van der Waals surface area contributed by atoms with Crippen molar-refractivity contribution in [3.63, 3.8) is 0 Å². The van der Waals surface area contributed by atoms with E-state index in [0.717, 1.165) is 16.7 Å². The average Bonchev–Trinajstić information content (AvgIpc) is 3.07. The summed E-state index contributed by atoms with van der Waals surface area (Å²) in [5.74, 6) is -0.552. The number of nitrogens with zero attached hydrogens (tertiary/aromatic N) is 3. The van der Waals surface area contributed by atoms with E-state index in [2.05, 4.69) is 9.97 Å². The molecular formula is C21H20FN3O2S. The van der Waals surface area contributed by atoms with Crippen molar-refractivity contribution in [1.82, 2.24) is 14.3 Å². The first-order valence-corrected chi connectivity index (χ1v) is 10.7. The average molecular weight is 397 g/mol. The second kappa shape index (κ2) is 7.77. The van der Waals surface area contributed by atoms with E-state index in [1.165, 1.54) is 12.1 Å².